The van der Waals surface area contributed by atoms with Crippen molar-refractivity contribution in [2.24, 2.45) is 0 Å². The van der Waals surface area contributed by atoms with Crippen molar-refractivity contribution in [1.29, 1.82) is 0 Å². The predicted octanol–water partition coefficient (Wildman–Crippen LogP) is 1.86. The monoisotopic (exact) mass is 318 g/mol. The van der Waals surface area contributed by atoms with E-state index in [2.05, 4.69) is 16.0 Å². The van der Waals surface area contributed by atoms with Gasteiger partial charge >= 0.3 is 6.03 Å². The summed E-state index contributed by atoms with van der Waals surface area (Å²) >= 11 is 0. The van der Waals surface area contributed by atoms with Crippen LogP contribution in [0.1, 0.15) is 57.1 Å². The lowest BCUT2D eigenvalue weighted by Crippen LogP contribution is -2.92. The zero-order valence-corrected chi connectivity index (χ0v) is 13.9. The number of rotatable bonds is 5. The summed E-state index contributed by atoms with van der Waals surface area (Å²) < 4.78 is 0. The maximum absolute atomic E-state index is 12.6. The molecule has 2 rings (SSSR count). The first kappa shape index (κ1) is 17.5. The standard InChI is InChI=1S/C18H27N3O2/c1-2-19-18(23)21-17(22)16(14-10-6-5-7-11-14)20-15-12-8-3-4-9-13-15/h5-7,10-11,15-16,20H,2-4,8-9,12-13H2,1H3,(H2,19,21,22,23)/p+1/t16-/m0/s1. The highest BCUT2D eigenvalue weighted by atomic mass is 16.2. The molecule has 5 nitrogen and oxygen atoms in total. The number of nitrogens with two attached hydrogens (primary N) is 1. The van der Waals surface area contributed by atoms with Crippen LogP contribution in [0.3, 0.4) is 0 Å². The molecule has 0 heterocycles. The third-order valence-corrected chi connectivity index (χ3v) is 4.38. The number of amides is 3. The summed E-state index contributed by atoms with van der Waals surface area (Å²) in [4.78, 5) is 24.3. The molecule has 126 valence electrons. The van der Waals surface area contributed by atoms with E-state index in [0.29, 0.717) is 12.6 Å². The summed E-state index contributed by atoms with van der Waals surface area (Å²) in [6.45, 7) is 2.33. The van der Waals surface area contributed by atoms with Gasteiger partial charge in [-0.25, -0.2) is 4.79 Å². The van der Waals surface area contributed by atoms with Crippen LogP contribution in [0.15, 0.2) is 30.3 Å². The van der Waals surface area contributed by atoms with E-state index in [1.54, 1.807) is 0 Å². The smallest absolute Gasteiger partial charge is 0.321 e. The summed E-state index contributed by atoms with van der Waals surface area (Å²) in [6.07, 6.45) is 7.29. The zero-order valence-electron chi connectivity index (χ0n) is 13.9. The van der Waals surface area contributed by atoms with Gasteiger partial charge in [0.05, 0.1) is 6.04 Å². The highest BCUT2D eigenvalue weighted by Gasteiger charge is 2.29. The number of carbonyl (C=O) groups is 2. The maximum Gasteiger partial charge on any atom is 0.321 e. The van der Waals surface area contributed by atoms with Gasteiger partial charge in [-0.05, 0) is 32.6 Å². The molecule has 1 fully saturated rings. The molecule has 1 saturated carbocycles. The molecule has 23 heavy (non-hydrogen) atoms. The summed E-state index contributed by atoms with van der Waals surface area (Å²) in [7, 11) is 0. The second-order valence-corrected chi connectivity index (χ2v) is 6.18. The van der Waals surface area contributed by atoms with Crippen LogP contribution in [0.5, 0.6) is 0 Å². The van der Waals surface area contributed by atoms with E-state index >= 15 is 0 Å². The van der Waals surface area contributed by atoms with E-state index in [1.165, 1.54) is 25.7 Å². The van der Waals surface area contributed by atoms with Crippen LogP contribution in [0.2, 0.25) is 0 Å². The summed E-state index contributed by atoms with van der Waals surface area (Å²) in [5.41, 5.74) is 0.943. The molecular formula is C18H28N3O2+. The van der Waals surface area contributed by atoms with Crippen molar-refractivity contribution in [1.82, 2.24) is 10.6 Å². The fraction of sp³-hybridized carbons (Fsp3) is 0.556. The SMILES string of the molecule is CCNC(=O)NC(=O)[C@@H]([NH2+]C1CCCCCC1)c1ccccc1. The lowest BCUT2D eigenvalue weighted by molar-refractivity contribution is -0.716. The van der Waals surface area contributed by atoms with Crippen molar-refractivity contribution in [3.63, 3.8) is 0 Å². The Bertz CT molecular complexity index is 496. The van der Waals surface area contributed by atoms with E-state index in [0.717, 1.165) is 18.4 Å². The van der Waals surface area contributed by atoms with Gasteiger partial charge in [0.1, 0.15) is 0 Å². The second kappa shape index (κ2) is 9.30. The maximum atomic E-state index is 12.6. The topological polar surface area (TPSA) is 74.8 Å². The Morgan fingerprint density at radius 1 is 1.13 bits per heavy atom. The van der Waals surface area contributed by atoms with Gasteiger partial charge < -0.3 is 10.6 Å². The van der Waals surface area contributed by atoms with Gasteiger partial charge in [0, 0.05) is 12.1 Å². The Kier molecular flexibility index (Phi) is 7.07. The summed E-state index contributed by atoms with van der Waals surface area (Å²) in [5, 5.41) is 7.22. The largest absolute Gasteiger partial charge is 0.338 e. The third-order valence-electron chi connectivity index (χ3n) is 4.38. The van der Waals surface area contributed by atoms with Crippen molar-refractivity contribution in [3.8, 4) is 0 Å². The van der Waals surface area contributed by atoms with Gasteiger partial charge in [0.2, 0.25) is 0 Å². The Morgan fingerprint density at radius 2 is 1.78 bits per heavy atom. The molecule has 1 aromatic rings. The van der Waals surface area contributed by atoms with Crippen LogP contribution in [-0.4, -0.2) is 24.5 Å². The minimum absolute atomic E-state index is 0.244. The van der Waals surface area contributed by atoms with Crippen molar-refractivity contribution >= 4 is 11.9 Å². The predicted molar refractivity (Wildman–Crippen MR) is 89.8 cm³/mol. The molecule has 3 amide bonds. The molecule has 1 aromatic carbocycles. The normalized spacial score (nSPS) is 17.1. The number of nitrogens with one attached hydrogen (secondary N) is 2. The number of urea groups is 1. The molecule has 1 aliphatic rings. The molecule has 0 saturated heterocycles. The van der Waals surface area contributed by atoms with E-state index in [-0.39, 0.29) is 11.9 Å². The Hall–Kier alpha value is -1.88. The van der Waals surface area contributed by atoms with Crippen LogP contribution in [0, 0.1) is 0 Å². The van der Waals surface area contributed by atoms with Gasteiger partial charge in [-0.15, -0.1) is 0 Å². The molecule has 0 aromatic heterocycles. The van der Waals surface area contributed by atoms with E-state index < -0.39 is 6.03 Å². The molecule has 0 radical (unpaired) electrons. The fourth-order valence-corrected chi connectivity index (χ4v) is 3.18. The van der Waals surface area contributed by atoms with Gasteiger partial charge in [-0.2, -0.15) is 0 Å². The fourth-order valence-electron chi connectivity index (χ4n) is 3.18. The van der Waals surface area contributed by atoms with Crippen LogP contribution in [-0.2, 0) is 4.79 Å². The molecular weight excluding hydrogens is 290 g/mol. The molecule has 0 unspecified atom stereocenters. The number of quaternary nitrogens is 1. The third kappa shape index (κ3) is 5.67. The lowest BCUT2D eigenvalue weighted by atomic mass is 10.0. The number of carbonyl (C=O) groups excluding carboxylic acids is 2. The molecule has 4 N–H and O–H groups in total. The second-order valence-electron chi connectivity index (χ2n) is 6.18. The van der Waals surface area contributed by atoms with Crippen LogP contribution < -0.4 is 16.0 Å². The average Bonchev–Trinajstić information content (AvgIpc) is 2.82. The summed E-state index contributed by atoms with van der Waals surface area (Å²) in [6, 6.07) is 9.36. The molecule has 0 spiro atoms. The van der Waals surface area contributed by atoms with Gasteiger partial charge in [-0.1, -0.05) is 43.2 Å². The van der Waals surface area contributed by atoms with Gasteiger partial charge in [-0.3, -0.25) is 10.1 Å². The van der Waals surface area contributed by atoms with Crippen molar-refractivity contribution < 1.29 is 14.9 Å². The minimum atomic E-state index is -0.423. The summed E-state index contributed by atoms with van der Waals surface area (Å²) in [5.74, 6) is -0.244. The Labute approximate surface area is 138 Å². The minimum Gasteiger partial charge on any atom is -0.338 e. The first-order chi connectivity index (χ1) is 11.2. The highest BCUT2D eigenvalue weighted by molar-refractivity contribution is 5.96. The number of hydrogen-bond acceptors (Lipinski definition) is 2. The quantitative estimate of drug-likeness (QED) is 0.725. The number of hydrogen-bond donors (Lipinski definition) is 3. The number of imide groups is 1. The van der Waals surface area contributed by atoms with E-state index in [4.69, 9.17) is 0 Å². The first-order valence-corrected chi connectivity index (χ1v) is 8.69. The average molecular weight is 318 g/mol. The van der Waals surface area contributed by atoms with Crippen LogP contribution in [0.25, 0.3) is 0 Å². The molecule has 0 aliphatic heterocycles. The van der Waals surface area contributed by atoms with Crippen molar-refractivity contribution in [2.45, 2.75) is 57.5 Å². The molecule has 5 heteroatoms. The van der Waals surface area contributed by atoms with Gasteiger partial charge in [0.25, 0.3) is 5.91 Å². The Balaban J connectivity index is 2.08. The van der Waals surface area contributed by atoms with Gasteiger partial charge in [0.15, 0.2) is 6.04 Å². The first-order valence-electron chi connectivity index (χ1n) is 8.69. The molecule has 1 atom stereocenters. The van der Waals surface area contributed by atoms with E-state index in [1.807, 2.05) is 37.3 Å². The van der Waals surface area contributed by atoms with Crippen molar-refractivity contribution in [3.05, 3.63) is 35.9 Å². The lowest BCUT2D eigenvalue weighted by Gasteiger charge is -2.21. The van der Waals surface area contributed by atoms with Crippen LogP contribution >= 0.6 is 0 Å². The van der Waals surface area contributed by atoms with Crippen LogP contribution in [0.4, 0.5) is 4.79 Å². The van der Waals surface area contributed by atoms with Crippen molar-refractivity contribution in [2.75, 3.05) is 6.54 Å². The molecule has 0 bridgehead atoms. The number of benzene rings is 1. The zero-order chi connectivity index (χ0) is 16.5. The molecule has 1 aliphatic carbocycles. The highest BCUT2D eigenvalue weighted by Crippen LogP contribution is 2.17. The Morgan fingerprint density at radius 3 is 2.39 bits per heavy atom. The van der Waals surface area contributed by atoms with E-state index in [9.17, 15) is 9.59 Å².